The summed E-state index contributed by atoms with van der Waals surface area (Å²) in [5, 5.41) is 19.7. The number of hydrogen-bond acceptors (Lipinski definition) is 4. The van der Waals surface area contributed by atoms with Crippen LogP contribution in [0.1, 0.15) is 0 Å². The van der Waals surface area contributed by atoms with Crippen LogP contribution in [-0.2, 0) is 0 Å². The number of halogens is 3. The van der Waals surface area contributed by atoms with Crippen molar-refractivity contribution in [3.8, 4) is 22.9 Å². The van der Waals surface area contributed by atoms with Crippen molar-refractivity contribution in [3.05, 3.63) is 42.0 Å². The SMILES string of the molecule is Oc1nc2nccn2c(O)c1-c1c(F)cc(F)cc1F. The van der Waals surface area contributed by atoms with Crippen LogP contribution >= 0.6 is 0 Å². The van der Waals surface area contributed by atoms with Crippen LogP contribution in [0.2, 0.25) is 0 Å². The van der Waals surface area contributed by atoms with E-state index in [4.69, 9.17) is 0 Å². The highest BCUT2D eigenvalue weighted by Gasteiger charge is 2.23. The van der Waals surface area contributed by atoms with Gasteiger partial charge in [0, 0.05) is 24.5 Å². The molecule has 0 fully saturated rings. The fraction of sp³-hybridized carbons (Fsp3) is 0. The lowest BCUT2D eigenvalue weighted by atomic mass is 10.1. The first-order valence-corrected chi connectivity index (χ1v) is 5.39. The summed E-state index contributed by atoms with van der Waals surface area (Å²) in [6, 6.07) is 0.880. The van der Waals surface area contributed by atoms with Gasteiger partial charge in [-0.1, -0.05) is 0 Å². The molecule has 0 spiro atoms. The van der Waals surface area contributed by atoms with Crippen LogP contribution in [0.5, 0.6) is 11.8 Å². The van der Waals surface area contributed by atoms with E-state index in [1.165, 1.54) is 12.4 Å². The smallest absolute Gasteiger partial charge is 0.239 e. The first-order valence-electron chi connectivity index (χ1n) is 5.39. The van der Waals surface area contributed by atoms with Crippen molar-refractivity contribution in [3.63, 3.8) is 0 Å². The summed E-state index contributed by atoms with van der Waals surface area (Å²) in [5.74, 6) is -5.17. The van der Waals surface area contributed by atoms with Crippen molar-refractivity contribution < 1.29 is 23.4 Å². The number of fused-ring (bicyclic) bond motifs is 1. The second-order valence-electron chi connectivity index (χ2n) is 3.98. The van der Waals surface area contributed by atoms with E-state index in [1.54, 1.807) is 0 Å². The maximum Gasteiger partial charge on any atom is 0.239 e. The second kappa shape index (κ2) is 4.12. The van der Waals surface area contributed by atoms with Crippen LogP contribution in [0.25, 0.3) is 16.9 Å². The number of aromatic hydroxyl groups is 2. The molecule has 3 rings (SSSR count). The molecule has 0 saturated carbocycles. The molecule has 0 aliphatic heterocycles. The molecule has 0 amide bonds. The van der Waals surface area contributed by atoms with Crippen LogP contribution < -0.4 is 0 Å². The number of imidazole rings is 1. The minimum atomic E-state index is -1.27. The van der Waals surface area contributed by atoms with E-state index in [2.05, 4.69) is 9.97 Å². The first kappa shape index (κ1) is 12.3. The highest BCUT2D eigenvalue weighted by atomic mass is 19.1. The van der Waals surface area contributed by atoms with E-state index < -0.39 is 40.3 Å². The Morgan fingerprint density at radius 2 is 1.65 bits per heavy atom. The van der Waals surface area contributed by atoms with E-state index in [0.29, 0.717) is 12.1 Å². The van der Waals surface area contributed by atoms with Crippen molar-refractivity contribution in [1.82, 2.24) is 14.4 Å². The predicted molar refractivity (Wildman–Crippen MR) is 61.6 cm³/mol. The van der Waals surface area contributed by atoms with Crippen molar-refractivity contribution in [2.24, 2.45) is 0 Å². The Kier molecular flexibility index (Phi) is 2.53. The van der Waals surface area contributed by atoms with Crippen molar-refractivity contribution in [2.45, 2.75) is 0 Å². The molecule has 20 heavy (non-hydrogen) atoms. The highest BCUT2D eigenvalue weighted by molar-refractivity contribution is 5.75. The van der Waals surface area contributed by atoms with Gasteiger partial charge in [0.2, 0.25) is 17.5 Å². The van der Waals surface area contributed by atoms with Crippen LogP contribution in [0.4, 0.5) is 13.2 Å². The Hall–Kier alpha value is -2.77. The minimum absolute atomic E-state index is 0.0494. The van der Waals surface area contributed by atoms with Gasteiger partial charge in [-0.05, 0) is 0 Å². The van der Waals surface area contributed by atoms with Gasteiger partial charge in [-0.25, -0.2) is 18.2 Å². The van der Waals surface area contributed by atoms with Crippen molar-refractivity contribution in [2.75, 3.05) is 0 Å². The van der Waals surface area contributed by atoms with Gasteiger partial charge in [0.1, 0.15) is 23.0 Å². The van der Waals surface area contributed by atoms with E-state index in [-0.39, 0.29) is 5.78 Å². The van der Waals surface area contributed by atoms with Gasteiger partial charge in [-0.15, -0.1) is 0 Å². The van der Waals surface area contributed by atoms with E-state index >= 15 is 0 Å². The summed E-state index contributed by atoms with van der Waals surface area (Å²) < 4.78 is 41.4. The van der Waals surface area contributed by atoms with E-state index in [9.17, 15) is 23.4 Å². The Morgan fingerprint density at radius 1 is 1.00 bits per heavy atom. The highest BCUT2D eigenvalue weighted by Crippen LogP contribution is 2.39. The number of rotatable bonds is 1. The molecule has 0 saturated heterocycles. The first-order chi connectivity index (χ1) is 9.49. The molecule has 0 aliphatic rings. The maximum absolute atomic E-state index is 13.7. The fourth-order valence-corrected chi connectivity index (χ4v) is 1.92. The van der Waals surface area contributed by atoms with E-state index in [1.807, 2.05) is 0 Å². The summed E-state index contributed by atoms with van der Waals surface area (Å²) in [5.41, 5.74) is -1.35. The summed E-state index contributed by atoms with van der Waals surface area (Å²) in [6.45, 7) is 0. The fourth-order valence-electron chi connectivity index (χ4n) is 1.92. The Morgan fingerprint density at radius 3 is 2.30 bits per heavy atom. The standard InChI is InChI=1S/C12H6F3N3O2/c13-5-3-6(14)8(7(15)4-5)9-10(19)17-12-16-1-2-18(12)11(9)20/h1-4,20H,(H,16,17,19). The molecule has 5 nitrogen and oxygen atoms in total. The third-order valence-electron chi connectivity index (χ3n) is 2.76. The zero-order valence-electron chi connectivity index (χ0n) is 9.68. The quantitative estimate of drug-likeness (QED) is 0.717. The summed E-state index contributed by atoms with van der Waals surface area (Å²) >= 11 is 0. The molecule has 0 radical (unpaired) electrons. The third kappa shape index (κ3) is 1.65. The number of nitrogens with zero attached hydrogens (tertiary/aromatic N) is 3. The lowest BCUT2D eigenvalue weighted by Crippen LogP contribution is -1.98. The van der Waals surface area contributed by atoms with Crippen LogP contribution in [0.3, 0.4) is 0 Å². The normalized spacial score (nSPS) is 11.2. The van der Waals surface area contributed by atoms with Gasteiger partial charge in [0.05, 0.1) is 5.56 Å². The van der Waals surface area contributed by atoms with Crippen LogP contribution in [0.15, 0.2) is 24.5 Å². The van der Waals surface area contributed by atoms with Gasteiger partial charge in [0.25, 0.3) is 0 Å². The van der Waals surface area contributed by atoms with Gasteiger partial charge < -0.3 is 10.2 Å². The molecule has 2 heterocycles. The second-order valence-corrected chi connectivity index (χ2v) is 3.98. The average molecular weight is 281 g/mol. The van der Waals surface area contributed by atoms with E-state index in [0.717, 1.165) is 4.40 Å². The van der Waals surface area contributed by atoms with Crippen molar-refractivity contribution in [1.29, 1.82) is 0 Å². The molecule has 1 aromatic carbocycles. The summed E-state index contributed by atoms with van der Waals surface area (Å²) in [6.07, 6.45) is 2.57. The minimum Gasteiger partial charge on any atom is -0.494 e. The molecular weight excluding hydrogens is 275 g/mol. The molecule has 0 bridgehead atoms. The Bertz CT molecular complexity index is 809. The molecule has 0 atom stereocenters. The van der Waals surface area contributed by atoms with Crippen LogP contribution in [-0.4, -0.2) is 24.6 Å². The molecule has 0 unspecified atom stereocenters. The monoisotopic (exact) mass is 281 g/mol. The lowest BCUT2D eigenvalue weighted by molar-refractivity contribution is 0.420. The third-order valence-corrected chi connectivity index (χ3v) is 2.76. The average Bonchev–Trinajstić information content (AvgIpc) is 2.80. The van der Waals surface area contributed by atoms with Gasteiger partial charge in [0.15, 0.2) is 0 Å². The molecule has 8 heteroatoms. The summed E-state index contributed by atoms with van der Waals surface area (Å²) in [4.78, 5) is 7.32. The zero-order chi connectivity index (χ0) is 14.4. The molecule has 3 aromatic rings. The largest absolute Gasteiger partial charge is 0.494 e. The Labute approximate surface area is 109 Å². The number of hydrogen-bond donors (Lipinski definition) is 2. The zero-order valence-corrected chi connectivity index (χ0v) is 9.68. The van der Waals surface area contributed by atoms with Gasteiger partial charge in [-0.3, -0.25) is 4.40 Å². The van der Waals surface area contributed by atoms with Gasteiger partial charge in [-0.2, -0.15) is 4.98 Å². The molecule has 2 N–H and O–H groups in total. The van der Waals surface area contributed by atoms with Crippen LogP contribution in [0, 0.1) is 17.5 Å². The lowest BCUT2D eigenvalue weighted by Gasteiger charge is -2.10. The summed E-state index contributed by atoms with van der Waals surface area (Å²) in [7, 11) is 0. The molecule has 0 aliphatic carbocycles. The number of aromatic nitrogens is 3. The molecule has 2 aromatic heterocycles. The molecular formula is C12H6F3N3O2. The van der Waals surface area contributed by atoms with Gasteiger partial charge >= 0.3 is 0 Å². The van der Waals surface area contributed by atoms with Crippen molar-refractivity contribution >= 4 is 5.78 Å². The molecule has 102 valence electrons. The predicted octanol–water partition coefficient (Wildman–Crippen LogP) is 2.22. The maximum atomic E-state index is 13.7. The number of benzene rings is 1. The Balaban J connectivity index is 2.40. The topological polar surface area (TPSA) is 70.7 Å².